The number of nitrogens with two attached hydrogens (primary N) is 1. The second-order valence-electron chi connectivity index (χ2n) is 6.53. The van der Waals surface area contributed by atoms with Crippen LogP contribution in [0.4, 0.5) is 0 Å². The van der Waals surface area contributed by atoms with Gasteiger partial charge in [0.25, 0.3) is 0 Å². The lowest BCUT2D eigenvalue weighted by atomic mass is 9.56. The molecule has 0 spiro atoms. The van der Waals surface area contributed by atoms with Crippen LogP contribution in [0.25, 0.3) is 0 Å². The fraction of sp³-hybridized carbons (Fsp3) is 1.00. The third-order valence-electron chi connectivity index (χ3n) is 6.85. The lowest BCUT2D eigenvalue weighted by Crippen LogP contribution is -2.57. The van der Waals surface area contributed by atoms with Gasteiger partial charge in [-0.05, 0) is 60.2 Å². The van der Waals surface area contributed by atoms with Crippen molar-refractivity contribution in [3.8, 4) is 0 Å². The minimum Gasteiger partial charge on any atom is -0.388 e. The molecule has 0 aromatic carbocycles. The fourth-order valence-electron chi connectivity index (χ4n) is 7.00. The Balaban J connectivity index is 1.79. The number of rotatable bonds is 1. The van der Waals surface area contributed by atoms with Gasteiger partial charge in [-0.2, -0.15) is 0 Å². The monoisotopic (exact) mass is 191 g/mol. The second kappa shape index (κ2) is 1.69. The van der Waals surface area contributed by atoms with Gasteiger partial charge >= 0.3 is 0 Å². The van der Waals surface area contributed by atoms with Crippen LogP contribution in [0, 0.1) is 47.3 Å². The molecule has 76 valence electrons. The van der Waals surface area contributed by atoms with Crippen molar-refractivity contribution in [1.29, 1.82) is 0 Å². The molecule has 0 saturated heterocycles. The lowest BCUT2D eigenvalue weighted by molar-refractivity contribution is -0.123. The van der Waals surface area contributed by atoms with E-state index >= 15 is 0 Å². The highest BCUT2D eigenvalue weighted by molar-refractivity contribution is 5.32. The molecule has 0 heterocycles. The van der Waals surface area contributed by atoms with Crippen molar-refractivity contribution in [3.05, 3.63) is 0 Å². The number of aliphatic hydroxyl groups is 1. The summed E-state index contributed by atoms with van der Waals surface area (Å²) in [7, 11) is 0. The quantitative estimate of drug-likeness (QED) is 0.632. The Morgan fingerprint density at radius 3 is 2.50 bits per heavy atom. The predicted octanol–water partition coefficient (Wildman–Crippen LogP) is 0.454. The molecular formula is C12H17NO. The topological polar surface area (TPSA) is 46.2 Å². The van der Waals surface area contributed by atoms with Gasteiger partial charge in [0.05, 0.1) is 5.60 Å². The Bertz CT molecular complexity index is 337. The third-order valence-corrected chi connectivity index (χ3v) is 6.85. The molecule has 2 heteroatoms. The largest absolute Gasteiger partial charge is 0.388 e. The van der Waals surface area contributed by atoms with Gasteiger partial charge < -0.3 is 10.8 Å². The van der Waals surface area contributed by atoms with E-state index in [1.54, 1.807) is 0 Å². The number of fused-ring (bicyclic) bond motifs is 2. The molecule has 2 nitrogen and oxygen atoms in total. The van der Waals surface area contributed by atoms with E-state index in [0.29, 0.717) is 18.4 Å². The average molecular weight is 191 g/mol. The van der Waals surface area contributed by atoms with E-state index in [0.717, 1.165) is 35.5 Å². The Morgan fingerprint density at radius 1 is 1.00 bits per heavy atom. The highest BCUT2D eigenvalue weighted by atomic mass is 16.3. The van der Waals surface area contributed by atoms with Crippen LogP contribution in [-0.4, -0.2) is 17.3 Å². The van der Waals surface area contributed by atoms with Crippen LogP contribution < -0.4 is 5.73 Å². The highest BCUT2D eigenvalue weighted by Crippen LogP contribution is 2.85. The number of hydrogen-bond acceptors (Lipinski definition) is 2. The molecular weight excluding hydrogens is 174 g/mol. The van der Waals surface area contributed by atoms with Gasteiger partial charge in [0.2, 0.25) is 0 Å². The first-order valence-electron chi connectivity index (χ1n) is 6.20. The smallest absolute Gasteiger partial charge is 0.0836 e. The maximum Gasteiger partial charge on any atom is 0.0836 e. The van der Waals surface area contributed by atoms with E-state index in [1.165, 1.54) is 12.8 Å². The molecule has 0 amide bonds. The Labute approximate surface area is 83.9 Å². The summed E-state index contributed by atoms with van der Waals surface area (Å²) in [5, 5.41) is 10.7. The van der Waals surface area contributed by atoms with Gasteiger partial charge in [0.15, 0.2) is 0 Å². The van der Waals surface area contributed by atoms with Crippen molar-refractivity contribution in [2.45, 2.75) is 18.4 Å². The van der Waals surface area contributed by atoms with Crippen LogP contribution >= 0.6 is 0 Å². The molecule has 3 N–H and O–H groups in total. The normalized spacial score (nSPS) is 80.1. The van der Waals surface area contributed by atoms with Gasteiger partial charge in [-0.3, -0.25) is 0 Å². The minimum absolute atomic E-state index is 0.426. The summed E-state index contributed by atoms with van der Waals surface area (Å²) in [6.07, 6.45) is 2.89. The highest BCUT2D eigenvalue weighted by Gasteiger charge is 2.84. The van der Waals surface area contributed by atoms with Gasteiger partial charge in [-0.15, -0.1) is 0 Å². The van der Waals surface area contributed by atoms with Crippen LogP contribution in [0.2, 0.25) is 0 Å². The summed E-state index contributed by atoms with van der Waals surface area (Å²) in [6.45, 7) is 0.530. The van der Waals surface area contributed by atoms with E-state index in [-0.39, 0.29) is 0 Å². The molecule has 9 unspecified atom stereocenters. The van der Waals surface area contributed by atoms with Crippen molar-refractivity contribution in [3.63, 3.8) is 0 Å². The van der Waals surface area contributed by atoms with E-state index in [9.17, 15) is 5.11 Å². The summed E-state index contributed by atoms with van der Waals surface area (Å²) in [5.74, 6) is 6.82. The summed E-state index contributed by atoms with van der Waals surface area (Å²) < 4.78 is 0. The first-order chi connectivity index (χ1) is 6.77. The van der Waals surface area contributed by atoms with Gasteiger partial charge in [-0.1, -0.05) is 0 Å². The third kappa shape index (κ3) is 0.409. The van der Waals surface area contributed by atoms with Crippen molar-refractivity contribution < 1.29 is 5.11 Å². The summed E-state index contributed by atoms with van der Waals surface area (Å²) in [4.78, 5) is 0. The Morgan fingerprint density at radius 2 is 1.71 bits per heavy atom. The van der Waals surface area contributed by atoms with Crippen LogP contribution in [0.15, 0.2) is 0 Å². The van der Waals surface area contributed by atoms with Gasteiger partial charge in [0.1, 0.15) is 0 Å². The molecule has 5 saturated carbocycles. The summed E-state index contributed by atoms with van der Waals surface area (Å²) in [6, 6.07) is 0. The summed E-state index contributed by atoms with van der Waals surface area (Å²) >= 11 is 0. The zero-order chi connectivity index (χ0) is 9.24. The average Bonchev–Trinajstić information content (AvgIpc) is 2.63. The zero-order valence-corrected chi connectivity index (χ0v) is 8.26. The zero-order valence-electron chi connectivity index (χ0n) is 8.26. The molecule has 0 aliphatic heterocycles. The maximum atomic E-state index is 10.7. The van der Waals surface area contributed by atoms with Crippen LogP contribution in [-0.2, 0) is 0 Å². The summed E-state index contributed by atoms with van der Waals surface area (Å²) in [5.41, 5.74) is 5.43. The Kier molecular flexibility index (Phi) is 0.875. The molecule has 14 heavy (non-hydrogen) atoms. The standard InChI is InChI=1S/C12H17NO/c13-3-12(14)10-5-2-6-8-4(5)1-7(10)9(8)11(6)12/h4-11,14H,1-3,13H2. The fourth-order valence-corrected chi connectivity index (χ4v) is 7.00. The van der Waals surface area contributed by atoms with Gasteiger partial charge in [0, 0.05) is 6.54 Å². The lowest BCUT2D eigenvalue weighted by Gasteiger charge is -2.51. The molecule has 2 bridgehead atoms. The second-order valence-corrected chi connectivity index (χ2v) is 6.53. The van der Waals surface area contributed by atoms with E-state index in [4.69, 9.17) is 5.73 Å². The van der Waals surface area contributed by atoms with Gasteiger partial charge in [-0.25, -0.2) is 0 Å². The van der Waals surface area contributed by atoms with Crippen molar-refractivity contribution >= 4 is 0 Å². The van der Waals surface area contributed by atoms with E-state index in [1.807, 2.05) is 0 Å². The first kappa shape index (κ1) is 7.24. The SMILES string of the molecule is NCC1(O)C2C3CC4C5C3CC2C5C41. The van der Waals surface area contributed by atoms with Crippen molar-refractivity contribution in [1.82, 2.24) is 0 Å². The van der Waals surface area contributed by atoms with Crippen LogP contribution in [0.1, 0.15) is 12.8 Å². The van der Waals surface area contributed by atoms with Crippen LogP contribution in [0.5, 0.6) is 0 Å². The van der Waals surface area contributed by atoms with Crippen LogP contribution in [0.3, 0.4) is 0 Å². The first-order valence-corrected chi connectivity index (χ1v) is 6.20. The van der Waals surface area contributed by atoms with Crippen molar-refractivity contribution in [2.24, 2.45) is 53.1 Å². The molecule has 5 fully saturated rings. The molecule has 0 aromatic heterocycles. The molecule has 5 rings (SSSR count). The minimum atomic E-state index is -0.426. The number of hydrogen-bond donors (Lipinski definition) is 2. The Hall–Kier alpha value is -0.0800. The molecule has 0 aromatic rings. The van der Waals surface area contributed by atoms with E-state index < -0.39 is 5.60 Å². The van der Waals surface area contributed by atoms with E-state index in [2.05, 4.69) is 0 Å². The molecule has 9 atom stereocenters. The predicted molar refractivity (Wildman–Crippen MR) is 51.2 cm³/mol. The maximum absolute atomic E-state index is 10.7. The molecule has 5 aliphatic carbocycles. The molecule has 5 aliphatic rings. The van der Waals surface area contributed by atoms with Crippen molar-refractivity contribution in [2.75, 3.05) is 6.54 Å². The molecule has 0 radical (unpaired) electrons.